The van der Waals surface area contributed by atoms with Gasteiger partial charge in [0.15, 0.2) is 0 Å². The molecule has 0 radical (unpaired) electrons. The highest BCUT2D eigenvalue weighted by Crippen LogP contribution is 2.36. The third-order valence-electron chi connectivity index (χ3n) is 2.79. The first kappa shape index (κ1) is 10.7. The Balaban J connectivity index is 2.42. The summed E-state index contributed by atoms with van der Waals surface area (Å²) in [5, 5.41) is 3.15. The summed E-state index contributed by atoms with van der Waals surface area (Å²) in [6.45, 7) is 4.44. The van der Waals surface area contributed by atoms with Gasteiger partial charge in [-0.2, -0.15) is 0 Å². The summed E-state index contributed by atoms with van der Waals surface area (Å²) in [7, 11) is 0. The quantitative estimate of drug-likeness (QED) is 0.773. The van der Waals surface area contributed by atoms with E-state index in [0.29, 0.717) is 6.61 Å². The van der Waals surface area contributed by atoms with E-state index in [2.05, 4.69) is 5.32 Å². The van der Waals surface area contributed by atoms with E-state index in [4.69, 9.17) is 4.74 Å². The minimum atomic E-state index is -0.242. The fourth-order valence-corrected chi connectivity index (χ4v) is 1.76. The van der Waals surface area contributed by atoms with Gasteiger partial charge in [0.1, 0.15) is 24.7 Å². The van der Waals surface area contributed by atoms with E-state index >= 15 is 0 Å². The molecule has 0 spiro atoms. The highest BCUT2D eigenvalue weighted by molar-refractivity contribution is 5.78. The van der Waals surface area contributed by atoms with E-state index in [1.807, 2.05) is 38.1 Å². The van der Waals surface area contributed by atoms with Crippen LogP contribution in [0.1, 0.15) is 19.4 Å². The number of ether oxygens (including phenoxy) is 1. The van der Waals surface area contributed by atoms with E-state index in [1.165, 1.54) is 5.57 Å². The molecule has 2 rings (SSSR count). The van der Waals surface area contributed by atoms with Crippen molar-refractivity contribution in [3.63, 3.8) is 0 Å². The van der Waals surface area contributed by atoms with Gasteiger partial charge in [-0.05, 0) is 25.5 Å². The number of fused-ring (bicyclic) bond motifs is 1. The number of hydrogen-bond donors (Lipinski definition) is 1. The molecule has 1 aromatic rings. The van der Waals surface area contributed by atoms with Crippen LogP contribution in [0.3, 0.4) is 0 Å². The molecule has 0 amide bonds. The second kappa shape index (κ2) is 4.39. The Morgan fingerprint density at radius 2 is 2.38 bits per heavy atom. The van der Waals surface area contributed by atoms with Gasteiger partial charge in [0.05, 0.1) is 5.69 Å². The Kier molecular flexibility index (Phi) is 2.95. The van der Waals surface area contributed by atoms with Crippen LogP contribution < -0.4 is 10.1 Å². The number of nitrogens with one attached hydrogen (secondary N) is 1. The largest absolute Gasteiger partial charge is 0.488 e. The Morgan fingerprint density at radius 3 is 3.06 bits per heavy atom. The minimum absolute atomic E-state index is 0.242. The van der Waals surface area contributed by atoms with Crippen LogP contribution in [0.25, 0.3) is 5.57 Å². The molecule has 1 aliphatic heterocycles. The van der Waals surface area contributed by atoms with Crippen molar-refractivity contribution in [2.45, 2.75) is 19.9 Å². The number of carbonyl (C=O) groups is 1. The fourth-order valence-electron chi connectivity index (χ4n) is 1.76. The second-order valence-corrected chi connectivity index (χ2v) is 3.85. The van der Waals surface area contributed by atoms with Gasteiger partial charge in [0.25, 0.3) is 0 Å². The Morgan fingerprint density at radius 1 is 1.56 bits per heavy atom. The van der Waals surface area contributed by atoms with Gasteiger partial charge >= 0.3 is 0 Å². The van der Waals surface area contributed by atoms with Crippen LogP contribution >= 0.6 is 0 Å². The average molecular weight is 217 g/mol. The number of aldehydes is 1. The summed E-state index contributed by atoms with van der Waals surface area (Å²) in [5.41, 5.74) is 3.14. The normalized spacial score (nSPS) is 19.4. The zero-order valence-corrected chi connectivity index (χ0v) is 9.49. The van der Waals surface area contributed by atoms with Crippen LogP contribution in [0.15, 0.2) is 24.3 Å². The number of para-hydroxylation sites is 1. The van der Waals surface area contributed by atoms with E-state index in [0.717, 1.165) is 23.3 Å². The molecule has 1 aromatic carbocycles. The number of rotatable bonds is 2. The van der Waals surface area contributed by atoms with Crippen LogP contribution in [0, 0.1) is 0 Å². The molecule has 3 nitrogen and oxygen atoms in total. The van der Waals surface area contributed by atoms with Crippen molar-refractivity contribution in [1.82, 2.24) is 0 Å². The number of allylic oxidation sites excluding steroid dienone is 2. The van der Waals surface area contributed by atoms with Gasteiger partial charge in [-0.3, -0.25) is 0 Å². The summed E-state index contributed by atoms with van der Waals surface area (Å²) < 4.78 is 5.65. The molecule has 3 heteroatoms. The molecule has 1 heterocycles. The fraction of sp³-hybridized carbons (Fsp3) is 0.308. The highest BCUT2D eigenvalue weighted by Gasteiger charge is 2.20. The lowest BCUT2D eigenvalue weighted by Gasteiger charge is -2.26. The molecule has 1 aliphatic rings. The average Bonchev–Trinajstić information content (AvgIpc) is 2.36. The molecular formula is C13H15NO2. The molecule has 0 fully saturated rings. The molecule has 84 valence electrons. The van der Waals surface area contributed by atoms with Gasteiger partial charge in [-0.1, -0.05) is 18.2 Å². The maximum absolute atomic E-state index is 10.7. The maximum Gasteiger partial charge on any atom is 0.149 e. The lowest BCUT2D eigenvalue weighted by Crippen LogP contribution is -2.32. The molecular weight excluding hydrogens is 202 g/mol. The van der Waals surface area contributed by atoms with Crippen molar-refractivity contribution >= 4 is 17.5 Å². The number of benzene rings is 1. The van der Waals surface area contributed by atoms with Gasteiger partial charge in [0.2, 0.25) is 0 Å². The topological polar surface area (TPSA) is 38.3 Å². The van der Waals surface area contributed by atoms with Gasteiger partial charge < -0.3 is 14.8 Å². The first-order chi connectivity index (χ1) is 7.76. The van der Waals surface area contributed by atoms with Crippen molar-refractivity contribution in [2.75, 3.05) is 11.9 Å². The Labute approximate surface area is 95.1 Å². The van der Waals surface area contributed by atoms with Crippen LogP contribution in [-0.4, -0.2) is 18.9 Å². The zero-order chi connectivity index (χ0) is 11.5. The third kappa shape index (κ3) is 1.81. The summed E-state index contributed by atoms with van der Waals surface area (Å²) in [6.07, 6.45) is 2.92. The van der Waals surface area contributed by atoms with Crippen molar-refractivity contribution in [3.8, 4) is 5.75 Å². The predicted molar refractivity (Wildman–Crippen MR) is 64.7 cm³/mol. The smallest absolute Gasteiger partial charge is 0.149 e. The van der Waals surface area contributed by atoms with Crippen LogP contribution in [0.4, 0.5) is 5.69 Å². The molecule has 0 saturated carbocycles. The molecule has 16 heavy (non-hydrogen) atoms. The SMILES string of the molecule is CC=C(C)c1cccc2c1OCC(C=O)N2. The first-order valence-corrected chi connectivity index (χ1v) is 5.37. The number of carbonyl (C=O) groups excluding carboxylic acids is 1. The van der Waals surface area contributed by atoms with E-state index in [1.54, 1.807) is 0 Å². The van der Waals surface area contributed by atoms with Crippen molar-refractivity contribution in [1.29, 1.82) is 0 Å². The van der Waals surface area contributed by atoms with Gasteiger partial charge in [0, 0.05) is 5.56 Å². The molecule has 1 unspecified atom stereocenters. The van der Waals surface area contributed by atoms with Crippen molar-refractivity contribution in [2.24, 2.45) is 0 Å². The summed E-state index contributed by atoms with van der Waals surface area (Å²) in [5.74, 6) is 0.844. The molecule has 0 aliphatic carbocycles. The van der Waals surface area contributed by atoms with Crippen molar-refractivity contribution < 1.29 is 9.53 Å². The molecule has 1 N–H and O–H groups in total. The van der Waals surface area contributed by atoms with Gasteiger partial charge in [-0.15, -0.1) is 0 Å². The minimum Gasteiger partial charge on any atom is -0.488 e. The lowest BCUT2D eigenvalue weighted by molar-refractivity contribution is -0.109. The van der Waals surface area contributed by atoms with Crippen LogP contribution in [0.5, 0.6) is 5.75 Å². The molecule has 0 aromatic heterocycles. The third-order valence-corrected chi connectivity index (χ3v) is 2.79. The summed E-state index contributed by atoms with van der Waals surface area (Å²) in [6, 6.07) is 5.67. The Hall–Kier alpha value is -1.77. The van der Waals surface area contributed by atoms with Crippen LogP contribution in [-0.2, 0) is 4.79 Å². The molecule has 0 saturated heterocycles. The lowest BCUT2D eigenvalue weighted by atomic mass is 10.0. The summed E-state index contributed by atoms with van der Waals surface area (Å²) in [4.78, 5) is 10.7. The highest BCUT2D eigenvalue weighted by atomic mass is 16.5. The standard InChI is InChI=1S/C13H15NO2/c1-3-9(2)11-5-4-6-12-13(11)16-8-10(7-15)14-12/h3-7,10,14H,8H2,1-2H3. The number of hydrogen-bond acceptors (Lipinski definition) is 3. The predicted octanol–water partition coefficient (Wildman–Crippen LogP) is 2.48. The number of anilines is 1. The molecule has 1 atom stereocenters. The maximum atomic E-state index is 10.7. The van der Waals surface area contributed by atoms with E-state index in [9.17, 15) is 4.79 Å². The Bertz CT molecular complexity index is 438. The van der Waals surface area contributed by atoms with Crippen molar-refractivity contribution in [3.05, 3.63) is 29.8 Å². The monoisotopic (exact) mass is 217 g/mol. The van der Waals surface area contributed by atoms with Gasteiger partial charge in [-0.25, -0.2) is 0 Å². The second-order valence-electron chi connectivity index (χ2n) is 3.85. The summed E-state index contributed by atoms with van der Waals surface area (Å²) >= 11 is 0. The van der Waals surface area contributed by atoms with E-state index < -0.39 is 0 Å². The zero-order valence-electron chi connectivity index (χ0n) is 9.49. The van der Waals surface area contributed by atoms with Crippen LogP contribution in [0.2, 0.25) is 0 Å². The molecule has 0 bridgehead atoms. The first-order valence-electron chi connectivity index (χ1n) is 5.37. The van der Waals surface area contributed by atoms with E-state index in [-0.39, 0.29) is 6.04 Å².